The second kappa shape index (κ2) is 4.37. The van der Waals surface area contributed by atoms with Crippen LogP contribution in [0.3, 0.4) is 0 Å². The van der Waals surface area contributed by atoms with Gasteiger partial charge in [-0.15, -0.1) is 0 Å². The minimum atomic E-state index is -4.39. The summed E-state index contributed by atoms with van der Waals surface area (Å²) < 4.78 is 38.8. The van der Waals surface area contributed by atoms with Crippen molar-refractivity contribution in [3.63, 3.8) is 0 Å². The maximum Gasteiger partial charge on any atom is 0.417 e. The topological polar surface area (TPSA) is 20.2 Å². The summed E-state index contributed by atoms with van der Waals surface area (Å²) >= 11 is 0. The van der Waals surface area contributed by atoms with Gasteiger partial charge >= 0.3 is 6.18 Å². The van der Waals surface area contributed by atoms with Crippen LogP contribution in [0.25, 0.3) is 11.1 Å². The van der Waals surface area contributed by atoms with Gasteiger partial charge in [-0.25, -0.2) is 0 Å². The van der Waals surface area contributed by atoms with Crippen LogP contribution in [0.15, 0.2) is 42.5 Å². The first-order valence-electron chi connectivity index (χ1n) is 5.35. The number of halogens is 3. The van der Waals surface area contributed by atoms with Gasteiger partial charge in [0.2, 0.25) is 0 Å². The zero-order chi connectivity index (χ0) is 13.3. The number of phenols is 1. The summed E-state index contributed by atoms with van der Waals surface area (Å²) in [6.45, 7) is 1.62. The molecule has 0 unspecified atom stereocenters. The van der Waals surface area contributed by atoms with Crippen molar-refractivity contribution in [2.75, 3.05) is 0 Å². The predicted octanol–water partition coefficient (Wildman–Crippen LogP) is 4.39. The van der Waals surface area contributed by atoms with Crippen LogP contribution in [0.5, 0.6) is 5.75 Å². The second-order valence-electron chi connectivity index (χ2n) is 4.09. The molecule has 2 aromatic rings. The summed E-state index contributed by atoms with van der Waals surface area (Å²) in [6, 6.07) is 9.89. The molecule has 1 N–H and O–H groups in total. The minimum absolute atomic E-state index is 0.0272. The minimum Gasteiger partial charge on any atom is -0.508 e. The molecular formula is C14H11F3O. The van der Waals surface area contributed by atoms with E-state index in [2.05, 4.69) is 0 Å². The summed E-state index contributed by atoms with van der Waals surface area (Å²) in [5.74, 6) is 0.0272. The highest BCUT2D eigenvalue weighted by Crippen LogP contribution is 2.37. The molecule has 2 rings (SSSR count). The zero-order valence-corrected chi connectivity index (χ0v) is 9.62. The Morgan fingerprint density at radius 3 is 2.11 bits per heavy atom. The zero-order valence-electron chi connectivity index (χ0n) is 9.62. The van der Waals surface area contributed by atoms with Crippen molar-refractivity contribution < 1.29 is 18.3 Å². The Morgan fingerprint density at radius 1 is 0.944 bits per heavy atom. The van der Waals surface area contributed by atoms with Gasteiger partial charge in [-0.3, -0.25) is 0 Å². The molecule has 0 heterocycles. The molecule has 0 bridgehead atoms. The van der Waals surface area contributed by atoms with Crippen LogP contribution in [-0.2, 0) is 6.18 Å². The molecule has 0 aliphatic carbocycles. The first-order valence-corrected chi connectivity index (χ1v) is 5.35. The number of phenolic OH excluding ortho intramolecular Hbond substituents is 1. The van der Waals surface area contributed by atoms with Crippen LogP contribution in [0.1, 0.15) is 11.1 Å². The average Bonchev–Trinajstić information content (AvgIpc) is 2.29. The van der Waals surface area contributed by atoms with E-state index >= 15 is 0 Å². The SMILES string of the molecule is Cc1ccc(-c2ccc(O)cc2)c(C(F)(F)F)c1. The lowest BCUT2D eigenvalue weighted by Gasteiger charge is -2.14. The molecule has 0 aliphatic rings. The monoisotopic (exact) mass is 252 g/mol. The Hall–Kier alpha value is -1.97. The number of hydrogen-bond acceptors (Lipinski definition) is 1. The van der Waals surface area contributed by atoms with Gasteiger partial charge in [0.15, 0.2) is 0 Å². The van der Waals surface area contributed by atoms with Gasteiger partial charge in [-0.1, -0.05) is 29.8 Å². The average molecular weight is 252 g/mol. The van der Waals surface area contributed by atoms with Gasteiger partial charge in [0.05, 0.1) is 5.56 Å². The molecule has 1 nitrogen and oxygen atoms in total. The largest absolute Gasteiger partial charge is 0.508 e. The highest BCUT2D eigenvalue weighted by Gasteiger charge is 2.33. The summed E-state index contributed by atoms with van der Waals surface area (Å²) in [4.78, 5) is 0. The van der Waals surface area contributed by atoms with Crippen molar-refractivity contribution in [1.29, 1.82) is 0 Å². The molecule has 0 atom stereocenters. The van der Waals surface area contributed by atoms with Crippen LogP contribution in [0.2, 0.25) is 0 Å². The summed E-state index contributed by atoms with van der Waals surface area (Å²) in [5, 5.41) is 9.15. The van der Waals surface area contributed by atoms with Gasteiger partial charge in [-0.2, -0.15) is 13.2 Å². The third-order valence-electron chi connectivity index (χ3n) is 2.66. The fourth-order valence-electron chi connectivity index (χ4n) is 1.79. The quantitative estimate of drug-likeness (QED) is 0.798. The molecule has 0 radical (unpaired) electrons. The lowest BCUT2D eigenvalue weighted by molar-refractivity contribution is -0.137. The van der Waals surface area contributed by atoms with E-state index in [1.54, 1.807) is 13.0 Å². The number of aryl methyl sites for hydroxylation is 1. The van der Waals surface area contributed by atoms with E-state index in [-0.39, 0.29) is 11.3 Å². The molecule has 94 valence electrons. The number of alkyl halides is 3. The highest BCUT2D eigenvalue weighted by molar-refractivity contribution is 5.69. The number of hydrogen-bond donors (Lipinski definition) is 1. The van der Waals surface area contributed by atoms with Crippen LogP contribution in [-0.4, -0.2) is 5.11 Å². The van der Waals surface area contributed by atoms with E-state index in [9.17, 15) is 13.2 Å². The van der Waals surface area contributed by atoms with Crippen LogP contribution >= 0.6 is 0 Å². The smallest absolute Gasteiger partial charge is 0.417 e. The van der Waals surface area contributed by atoms with E-state index in [1.807, 2.05) is 0 Å². The molecule has 2 aromatic carbocycles. The molecule has 0 saturated carbocycles. The summed E-state index contributed by atoms with van der Waals surface area (Å²) in [5.41, 5.74) is 0.450. The van der Waals surface area contributed by atoms with Gasteiger partial charge in [0.25, 0.3) is 0 Å². The van der Waals surface area contributed by atoms with Crippen molar-refractivity contribution >= 4 is 0 Å². The van der Waals surface area contributed by atoms with Crippen molar-refractivity contribution in [1.82, 2.24) is 0 Å². The summed E-state index contributed by atoms with van der Waals surface area (Å²) in [7, 11) is 0. The molecule has 0 aliphatic heterocycles. The number of benzene rings is 2. The predicted molar refractivity (Wildman–Crippen MR) is 63.3 cm³/mol. The molecule has 4 heteroatoms. The fourth-order valence-corrected chi connectivity index (χ4v) is 1.79. The number of aromatic hydroxyl groups is 1. The van der Waals surface area contributed by atoms with Crippen LogP contribution < -0.4 is 0 Å². The molecule has 18 heavy (non-hydrogen) atoms. The van der Waals surface area contributed by atoms with E-state index in [0.29, 0.717) is 11.1 Å². The third-order valence-corrected chi connectivity index (χ3v) is 2.66. The van der Waals surface area contributed by atoms with Crippen molar-refractivity contribution in [3.8, 4) is 16.9 Å². The van der Waals surface area contributed by atoms with E-state index in [1.165, 1.54) is 30.3 Å². The Balaban J connectivity index is 2.60. The first-order chi connectivity index (χ1) is 8.38. The first kappa shape index (κ1) is 12.5. The third kappa shape index (κ3) is 2.47. The fraction of sp³-hybridized carbons (Fsp3) is 0.143. The maximum atomic E-state index is 12.9. The second-order valence-corrected chi connectivity index (χ2v) is 4.09. The Kier molecular flexibility index (Phi) is 3.03. The Morgan fingerprint density at radius 2 is 1.56 bits per heavy atom. The van der Waals surface area contributed by atoms with Crippen molar-refractivity contribution in [3.05, 3.63) is 53.6 Å². The Labute approximate surface area is 103 Å². The van der Waals surface area contributed by atoms with Gasteiger partial charge in [0.1, 0.15) is 5.75 Å². The Bertz CT molecular complexity index is 556. The van der Waals surface area contributed by atoms with E-state index in [0.717, 1.165) is 6.07 Å². The molecule has 0 fully saturated rings. The van der Waals surface area contributed by atoms with Gasteiger partial charge < -0.3 is 5.11 Å². The van der Waals surface area contributed by atoms with Gasteiger partial charge in [0, 0.05) is 0 Å². The van der Waals surface area contributed by atoms with E-state index < -0.39 is 11.7 Å². The summed E-state index contributed by atoms with van der Waals surface area (Å²) in [6.07, 6.45) is -4.39. The van der Waals surface area contributed by atoms with Crippen LogP contribution in [0.4, 0.5) is 13.2 Å². The lowest BCUT2D eigenvalue weighted by Crippen LogP contribution is -2.07. The van der Waals surface area contributed by atoms with Crippen molar-refractivity contribution in [2.45, 2.75) is 13.1 Å². The number of rotatable bonds is 1. The maximum absolute atomic E-state index is 12.9. The molecule has 0 saturated heterocycles. The normalized spacial score (nSPS) is 11.6. The molecular weight excluding hydrogens is 241 g/mol. The van der Waals surface area contributed by atoms with Gasteiger partial charge in [-0.05, 0) is 36.2 Å². The highest BCUT2D eigenvalue weighted by atomic mass is 19.4. The van der Waals surface area contributed by atoms with Crippen molar-refractivity contribution in [2.24, 2.45) is 0 Å². The lowest BCUT2D eigenvalue weighted by atomic mass is 9.97. The molecule has 0 amide bonds. The molecule has 0 aromatic heterocycles. The standard InChI is InChI=1S/C14H11F3O/c1-9-2-7-12(13(8-9)14(15,16)17)10-3-5-11(18)6-4-10/h2-8,18H,1H3. The van der Waals surface area contributed by atoms with Crippen LogP contribution in [0, 0.1) is 6.92 Å². The van der Waals surface area contributed by atoms with E-state index in [4.69, 9.17) is 5.11 Å². The molecule has 0 spiro atoms.